The first-order valence-corrected chi connectivity index (χ1v) is 15.0. The number of hydrogen-bond donors (Lipinski definition) is 0. The van der Waals surface area contributed by atoms with Crippen molar-refractivity contribution in [2.75, 3.05) is 26.9 Å². The monoisotopic (exact) mass is 616 g/mol. The first-order chi connectivity index (χ1) is 21.3. The standard InChI is InChI=1S/C33H32N2O8S/c1-6-40-26-17-22(13-15-25(26)39-5)29-28(32(38)42-8-3)19(4)34-33-35(29)30(36)27(44-33)18-23-14-16-24(43-23)20-9-11-21(12-10-20)31(37)41-7-2/h9-18,29H,6-8H2,1-5H3/b27-18-. The van der Waals surface area contributed by atoms with E-state index in [1.165, 1.54) is 15.9 Å². The third kappa shape index (κ3) is 5.96. The molecule has 5 rings (SSSR count). The number of esters is 2. The summed E-state index contributed by atoms with van der Waals surface area (Å²) in [7, 11) is 1.55. The van der Waals surface area contributed by atoms with Gasteiger partial charge in [0.1, 0.15) is 11.5 Å². The molecule has 11 heteroatoms. The molecule has 1 atom stereocenters. The average Bonchev–Trinajstić information content (AvgIpc) is 3.61. The molecule has 228 valence electrons. The van der Waals surface area contributed by atoms with E-state index >= 15 is 0 Å². The highest BCUT2D eigenvalue weighted by atomic mass is 32.1. The lowest BCUT2D eigenvalue weighted by Gasteiger charge is -2.25. The Bertz CT molecular complexity index is 1910. The molecule has 44 heavy (non-hydrogen) atoms. The molecule has 0 saturated carbocycles. The van der Waals surface area contributed by atoms with E-state index in [9.17, 15) is 14.4 Å². The number of rotatable bonds is 10. The molecule has 1 aliphatic rings. The number of carbonyl (C=O) groups excluding carboxylic acids is 2. The van der Waals surface area contributed by atoms with Gasteiger partial charge in [0.2, 0.25) is 0 Å². The van der Waals surface area contributed by atoms with Crippen LogP contribution in [0.2, 0.25) is 0 Å². The summed E-state index contributed by atoms with van der Waals surface area (Å²) in [5, 5.41) is 0. The Hall–Kier alpha value is -4.90. The number of benzene rings is 2. The number of nitrogens with zero attached hydrogens (tertiary/aromatic N) is 2. The summed E-state index contributed by atoms with van der Waals surface area (Å²) < 4.78 is 29.6. The molecule has 1 unspecified atom stereocenters. The van der Waals surface area contributed by atoms with E-state index in [-0.39, 0.29) is 17.7 Å². The summed E-state index contributed by atoms with van der Waals surface area (Å²) in [6, 6.07) is 15.0. The zero-order valence-electron chi connectivity index (χ0n) is 25.0. The number of aromatic nitrogens is 1. The highest BCUT2D eigenvalue weighted by molar-refractivity contribution is 7.07. The van der Waals surface area contributed by atoms with Crippen LogP contribution in [0.25, 0.3) is 17.4 Å². The Balaban J connectivity index is 1.57. The van der Waals surface area contributed by atoms with Crippen molar-refractivity contribution in [1.82, 2.24) is 4.57 Å². The molecule has 0 saturated heterocycles. The fourth-order valence-corrected chi connectivity index (χ4v) is 5.97. The fourth-order valence-electron chi connectivity index (χ4n) is 4.94. The Morgan fingerprint density at radius 2 is 1.68 bits per heavy atom. The van der Waals surface area contributed by atoms with Crippen molar-refractivity contribution in [1.29, 1.82) is 0 Å². The van der Waals surface area contributed by atoms with Crippen LogP contribution in [0.15, 0.2) is 80.1 Å². The minimum absolute atomic E-state index is 0.173. The number of allylic oxidation sites excluding steroid dienone is 1. The van der Waals surface area contributed by atoms with Crippen LogP contribution >= 0.6 is 11.3 Å². The summed E-state index contributed by atoms with van der Waals surface area (Å²) in [5.74, 6) is 1.11. The quantitative estimate of drug-likeness (QED) is 0.237. The van der Waals surface area contributed by atoms with E-state index in [1.54, 1.807) is 88.6 Å². The maximum absolute atomic E-state index is 14.0. The number of furan rings is 1. The maximum atomic E-state index is 14.0. The number of thiazole rings is 1. The predicted octanol–water partition coefficient (Wildman–Crippen LogP) is 4.64. The SMILES string of the molecule is CCOC(=O)C1=C(C)N=c2s/c(=C\c3ccc(-c4ccc(C(=O)OCC)cc4)o3)c(=O)n2C1c1ccc(OC)c(OCC)c1. The molecule has 0 aliphatic carbocycles. The largest absolute Gasteiger partial charge is 0.493 e. The average molecular weight is 617 g/mol. The van der Waals surface area contributed by atoms with Crippen molar-refractivity contribution in [3.05, 3.63) is 102 Å². The zero-order valence-corrected chi connectivity index (χ0v) is 25.9. The molecule has 0 bridgehead atoms. The van der Waals surface area contributed by atoms with Gasteiger partial charge in [0, 0.05) is 11.6 Å². The van der Waals surface area contributed by atoms with E-state index in [0.717, 1.165) is 5.56 Å². The highest BCUT2D eigenvalue weighted by Gasteiger charge is 2.34. The maximum Gasteiger partial charge on any atom is 0.338 e. The van der Waals surface area contributed by atoms with Crippen LogP contribution in [-0.4, -0.2) is 43.4 Å². The van der Waals surface area contributed by atoms with Gasteiger partial charge in [0.15, 0.2) is 16.3 Å². The second-order valence-electron chi connectivity index (χ2n) is 9.65. The van der Waals surface area contributed by atoms with Gasteiger partial charge >= 0.3 is 11.9 Å². The molecule has 4 aromatic rings. The first kappa shape index (κ1) is 30.6. The normalized spacial score (nSPS) is 14.6. The molecule has 3 heterocycles. The van der Waals surface area contributed by atoms with Crippen LogP contribution in [0.3, 0.4) is 0 Å². The van der Waals surface area contributed by atoms with Crippen LogP contribution in [-0.2, 0) is 14.3 Å². The Kier molecular flexibility index (Phi) is 9.15. The summed E-state index contributed by atoms with van der Waals surface area (Å²) in [5.41, 5.74) is 2.25. The van der Waals surface area contributed by atoms with Gasteiger partial charge in [-0.25, -0.2) is 14.6 Å². The first-order valence-electron chi connectivity index (χ1n) is 14.2. The number of fused-ring (bicyclic) bond motifs is 1. The molecule has 2 aromatic heterocycles. The lowest BCUT2D eigenvalue weighted by Crippen LogP contribution is -2.39. The lowest BCUT2D eigenvalue weighted by atomic mass is 9.95. The van der Waals surface area contributed by atoms with Crippen molar-refractivity contribution in [3.8, 4) is 22.8 Å². The summed E-state index contributed by atoms with van der Waals surface area (Å²) >= 11 is 1.20. The van der Waals surface area contributed by atoms with E-state index in [4.69, 9.17) is 23.4 Å². The fraction of sp³-hybridized carbons (Fsp3) is 0.273. The molecule has 0 fully saturated rings. The predicted molar refractivity (Wildman–Crippen MR) is 165 cm³/mol. The topological polar surface area (TPSA) is 119 Å². The molecular weight excluding hydrogens is 584 g/mol. The van der Waals surface area contributed by atoms with Crippen molar-refractivity contribution in [3.63, 3.8) is 0 Å². The van der Waals surface area contributed by atoms with E-state index in [1.807, 2.05) is 6.92 Å². The number of methoxy groups -OCH3 is 1. The minimum atomic E-state index is -0.803. The molecule has 0 spiro atoms. The van der Waals surface area contributed by atoms with Gasteiger partial charge in [-0.05, 0) is 69.7 Å². The highest BCUT2D eigenvalue weighted by Crippen LogP contribution is 2.36. The second-order valence-corrected chi connectivity index (χ2v) is 10.7. The van der Waals surface area contributed by atoms with Crippen molar-refractivity contribution in [2.45, 2.75) is 33.7 Å². The number of hydrogen-bond acceptors (Lipinski definition) is 10. The lowest BCUT2D eigenvalue weighted by molar-refractivity contribution is -0.139. The zero-order chi connectivity index (χ0) is 31.4. The van der Waals surface area contributed by atoms with Gasteiger partial charge in [-0.15, -0.1) is 0 Å². The van der Waals surface area contributed by atoms with Crippen LogP contribution < -0.4 is 24.4 Å². The van der Waals surface area contributed by atoms with Crippen LogP contribution in [0.5, 0.6) is 11.5 Å². The Labute approximate surface area is 257 Å². The van der Waals surface area contributed by atoms with E-state index in [0.29, 0.717) is 62.4 Å². The molecule has 0 N–H and O–H groups in total. The van der Waals surface area contributed by atoms with E-state index in [2.05, 4.69) is 4.99 Å². The van der Waals surface area contributed by atoms with Gasteiger partial charge in [-0.3, -0.25) is 9.36 Å². The van der Waals surface area contributed by atoms with Crippen LogP contribution in [0, 0.1) is 0 Å². The van der Waals surface area contributed by atoms with Gasteiger partial charge in [0.25, 0.3) is 5.56 Å². The van der Waals surface area contributed by atoms with Crippen LogP contribution in [0.1, 0.15) is 55.4 Å². The smallest absolute Gasteiger partial charge is 0.338 e. The van der Waals surface area contributed by atoms with Gasteiger partial charge in [-0.1, -0.05) is 29.5 Å². The molecule has 1 aliphatic heterocycles. The minimum Gasteiger partial charge on any atom is -0.493 e. The van der Waals surface area contributed by atoms with Gasteiger partial charge in [0.05, 0.1) is 54.3 Å². The third-order valence-electron chi connectivity index (χ3n) is 6.90. The Morgan fingerprint density at radius 3 is 2.36 bits per heavy atom. The van der Waals surface area contributed by atoms with Crippen LogP contribution in [0.4, 0.5) is 0 Å². The van der Waals surface area contributed by atoms with Crippen molar-refractivity contribution < 1.29 is 33.0 Å². The van der Waals surface area contributed by atoms with Gasteiger partial charge in [-0.2, -0.15) is 0 Å². The molecule has 0 amide bonds. The second kappa shape index (κ2) is 13.2. The summed E-state index contributed by atoms with van der Waals surface area (Å²) in [4.78, 5) is 44.2. The Morgan fingerprint density at radius 1 is 0.955 bits per heavy atom. The molecule has 10 nitrogen and oxygen atoms in total. The number of ether oxygens (including phenoxy) is 4. The molecule has 2 aromatic carbocycles. The number of carbonyl (C=O) groups is 2. The van der Waals surface area contributed by atoms with Gasteiger partial charge < -0.3 is 23.4 Å². The molecular formula is C33H32N2O8S. The summed E-state index contributed by atoms with van der Waals surface area (Å²) in [6.45, 7) is 7.95. The molecule has 0 radical (unpaired) electrons. The van der Waals surface area contributed by atoms with E-state index < -0.39 is 18.0 Å². The third-order valence-corrected chi connectivity index (χ3v) is 7.88. The summed E-state index contributed by atoms with van der Waals surface area (Å²) in [6.07, 6.45) is 1.65. The van der Waals surface area contributed by atoms with Crippen molar-refractivity contribution in [2.24, 2.45) is 4.99 Å². The van der Waals surface area contributed by atoms with Crippen molar-refractivity contribution >= 4 is 29.4 Å².